The van der Waals surface area contributed by atoms with Crippen molar-refractivity contribution >= 4 is 90.9 Å². The van der Waals surface area contributed by atoms with Crippen molar-refractivity contribution in [1.29, 1.82) is 0 Å². The Labute approximate surface area is 327 Å². The summed E-state index contributed by atoms with van der Waals surface area (Å²) >= 11 is 3.73. The van der Waals surface area contributed by atoms with E-state index >= 15 is 0 Å². The van der Waals surface area contributed by atoms with E-state index in [-0.39, 0.29) is 0 Å². The van der Waals surface area contributed by atoms with Crippen LogP contribution in [0.2, 0.25) is 0 Å². The third kappa shape index (κ3) is 5.43. The van der Waals surface area contributed by atoms with E-state index in [1.165, 1.54) is 90.2 Å². The van der Waals surface area contributed by atoms with Gasteiger partial charge in [0.1, 0.15) is 0 Å². The van der Waals surface area contributed by atoms with Gasteiger partial charge in [-0.3, -0.25) is 0 Å². The Morgan fingerprint density at radius 2 is 0.927 bits per heavy atom. The van der Waals surface area contributed by atoms with Crippen LogP contribution >= 0.6 is 22.7 Å². The van der Waals surface area contributed by atoms with E-state index in [2.05, 4.69) is 205 Å². The standard InChI is InChI=1S/C52H33NS2/c1-2-13-35(14-3-1)42-29-27-38(41-22-11-16-34-15-4-5-19-40(34)41)33-47(42)53(46-23-12-26-51-52(46)44-21-7-9-25-49(44)55-51)39-18-10-17-36(31-39)37-28-30-50-45(32-37)43-20-6-8-24-48(43)54-50/h1-33H. The molecule has 0 aliphatic rings. The molecule has 0 saturated heterocycles. The number of anilines is 3. The molecule has 0 bridgehead atoms. The van der Waals surface area contributed by atoms with Crippen molar-refractivity contribution in [3.05, 3.63) is 200 Å². The van der Waals surface area contributed by atoms with Gasteiger partial charge in [0, 0.05) is 51.6 Å². The zero-order valence-corrected chi connectivity index (χ0v) is 31.4. The first-order valence-electron chi connectivity index (χ1n) is 18.7. The molecule has 258 valence electrons. The Morgan fingerprint density at radius 1 is 0.309 bits per heavy atom. The molecule has 2 aromatic heterocycles. The van der Waals surface area contributed by atoms with Crippen LogP contribution in [0.1, 0.15) is 0 Å². The monoisotopic (exact) mass is 735 g/mol. The van der Waals surface area contributed by atoms with E-state index in [4.69, 9.17) is 0 Å². The van der Waals surface area contributed by atoms with Gasteiger partial charge in [-0.15, -0.1) is 22.7 Å². The quantitative estimate of drug-likeness (QED) is 0.164. The molecule has 0 fully saturated rings. The molecule has 9 aromatic carbocycles. The maximum atomic E-state index is 2.51. The molecule has 0 aliphatic carbocycles. The molecular formula is C52H33NS2. The molecule has 0 unspecified atom stereocenters. The lowest BCUT2D eigenvalue weighted by Gasteiger charge is -2.30. The van der Waals surface area contributed by atoms with Crippen LogP contribution in [0.25, 0.3) is 84.5 Å². The maximum absolute atomic E-state index is 2.51. The first kappa shape index (κ1) is 32.0. The van der Waals surface area contributed by atoms with Crippen LogP contribution in [0, 0.1) is 0 Å². The molecule has 0 spiro atoms. The Morgan fingerprint density at radius 3 is 1.82 bits per heavy atom. The average molecular weight is 736 g/mol. The number of thiophene rings is 2. The first-order valence-corrected chi connectivity index (χ1v) is 20.3. The molecule has 11 aromatic rings. The number of benzene rings is 9. The van der Waals surface area contributed by atoms with Crippen LogP contribution in [0.5, 0.6) is 0 Å². The fourth-order valence-corrected chi connectivity index (χ4v) is 10.5. The van der Waals surface area contributed by atoms with Crippen molar-refractivity contribution < 1.29 is 0 Å². The van der Waals surface area contributed by atoms with Crippen LogP contribution in [0.4, 0.5) is 17.1 Å². The summed E-state index contributed by atoms with van der Waals surface area (Å²) in [5.74, 6) is 0. The van der Waals surface area contributed by atoms with Crippen molar-refractivity contribution in [2.45, 2.75) is 0 Å². The maximum Gasteiger partial charge on any atom is 0.0555 e. The lowest BCUT2D eigenvalue weighted by Crippen LogP contribution is -2.12. The van der Waals surface area contributed by atoms with Crippen LogP contribution < -0.4 is 4.90 Å². The summed E-state index contributed by atoms with van der Waals surface area (Å²) in [5, 5.41) is 7.66. The summed E-state index contributed by atoms with van der Waals surface area (Å²) in [4.78, 5) is 2.51. The van der Waals surface area contributed by atoms with E-state index in [0.717, 1.165) is 11.4 Å². The second kappa shape index (κ2) is 13.1. The minimum absolute atomic E-state index is 1.11. The van der Waals surface area contributed by atoms with Gasteiger partial charge in [0.2, 0.25) is 0 Å². The highest BCUT2D eigenvalue weighted by Crippen LogP contribution is 2.49. The minimum atomic E-state index is 1.11. The predicted octanol–water partition coefficient (Wildman–Crippen LogP) is 16.0. The molecule has 55 heavy (non-hydrogen) atoms. The normalized spacial score (nSPS) is 11.6. The van der Waals surface area contributed by atoms with Gasteiger partial charge in [0.15, 0.2) is 0 Å². The van der Waals surface area contributed by atoms with Gasteiger partial charge in [0.05, 0.1) is 11.4 Å². The topological polar surface area (TPSA) is 3.24 Å². The van der Waals surface area contributed by atoms with Crippen molar-refractivity contribution in [2.24, 2.45) is 0 Å². The Hall–Kier alpha value is -6.52. The van der Waals surface area contributed by atoms with Gasteiger partial charge < -0.3 is 4.90 Å². The highest BCUT2D eigenvalue weighted by molar-refractivity contribution is 7.26. The van der Waals surface area contributed by atoms with Crippen LogP contribution in [-0.2, 0) is 0 Å². The van der Waals surface area contributed by atoms with E-state index < -0.39 is 0 Å². The van der Waals surface area contributed by atoms with Gasteiger partial charge in [-0.2, -0.15) is 0 Å². The lowest BCUT2D eigenvalue weighted by molar-refractivity contribution is 1.30. The molecule has 0 aliphatic heterocycles. The molecule has 0 radical (unpaired) electrons. The second-order valence-corrected chi connectivity index (χ2v) is 16.2. The molecule has 0 amide bonds. The molecule has 0 N–H and O–H groups in total. The number of hydrogen-bond donors (Lipinski definition) is 0. The van der Waals surface area contributed by atoms with Gasteiger partial charge in [-0.25, -0.2) is 0 Å². The summed E-state index contributed by atoms with van der Waals surface area (Å²) < 4.78 is 5.21. The minimum Gasteiger partial charge on any atom is -0.309 e. The van der Waals surface area contributed by atoms with E-state index in [9.17, 15) is 0 Å². The summed E-state index contributed by atoms with van der Waals surface area (Å²) in [7, 11) is 0. The SMILES string of the molecule is c1ccc(-c2ccc(-c3cccc4ccccc34)cc2N(c2cccc(-c3ccc4sc5ccccc5c4c3)c2)c2cccc3sc4ccccc4c23)cc1. The Balaban J connectivity index is 1.19. The third-order valence-corrected chi connectivity index (χ3v) is 13.1. The Kier molecular flexibility index (Phi) is 7.61. The third-order valence-electron chi connectivity index (χ3n) is 10.9. The fraction of sp³-hybridized carbons (Fsp3) is 0. The predicted molar refractivity (Wildman–Crippen MR) is 241 cm³/mol. The summed E-state index contributed by atoms with van der Waals surface area (Å²) in [6.07, 6.45) is 0. The number of hydrogen-bond acceptors (Lipinski definition) is 3. The highest BCUT2D eigenvalue weighted by Gasteiger charge is 2.23. The van der Waals surface area contributed by atoms with E-state index in [1.54, 1.807) is 0 Å². The zero-order chi connectivity index (χ0) is 36.3. The molecule has 3 heteroatoms. The van der Waals surface area contributed by atoms with Gasteiger partial charge in [0.25, 0.3) is 0 Å². The molecule has 1 nitrogen and oxygen atoms in total. The molecule has 11 rings (SSSR count). The summed E-state index contributed by atoms with van der Waals surface area (Å²) in [6.45, 7) is 0. The van der Waals surface area contributed by atoms with E-state index in [1.807, 2.05) is 22.7 Å². The van der Waals surface area contributed by atoms with Gasteiger partial charge in [-0.05, 0) is 93.2 Å². The number of fused-ring (bicyclic) bond motifs is 7. The van der Waals surface area contributed by atoms with Crippen LogP contribution in [0.15, 0.2) is 200 Å². The summed E-state index contributed by atoms with van der Waals surface area (Å²) in [6, 6.07) is 73.6. The second-order valence-electron chi connectivity index (χ2n) is 14.1. The van der Waals surface area contributed by atoms with Crippen molar-refractivity contribution in [3.8, 4) is 33.4 Å². The van der Waals surface area contributed by atoms with Crippen molar-refractivity contribution in [2.75, 3.05) is 4.90 Å². The highest BCUT2D eigenvalue weighted by atomic mass is 32.1. The molecule has 0 atom stereocenters. The first-order chi connectivity index (χ1) is 27.3. The van der Waals surface area contributed by atoms with Crippen molar-refractivity contribution in [1.82, 2.24) is 0 Å². The van der Waals surface area contributed by atoms with Crippen LogP contribution in [0.3, 0.4) is 0 Å². The molecular weight excluding hydrogens is 703 g/mol. The molecule has 2 heterocycles. The number of nitrogens with zero attached hydrogens (tertiary/aromatic N) is 1. The molecule has 0 saturated carbocycles. The van der Waals surface area contributed by atoms with Gasteiger partial charge in [-0.1, -0.05) is 146 Å². The summed E-state index contributed by atoms with van der Waals surface area (Å²) in [5.41, 5.74) is 10.6. The average Bonchev–Trinajstić information content (AvgIpc) is 3.83. The lowest BCUT2D eigenvalue weighted by atomic mass is 9.93. The smallest absolute Gasteiger partial charge is 0.0555 e. The fourth-order valence-electron chi connectivity index (χ4n) is 8.30. The van der Waals surface area contributed by atoms with E-state index in [0.29, 0.717) is 0 Å². The Bertz CT molecular complexity index is 3220. The number of rotatable bonds is 6. The largest absolute Gasteiger partial charge is 0.309 e. The van der Waals surface area contributed by atoms with Crippen LogP contribution in [-0.4, -0.2) is 0 Å². The van der Waals surface area contributed by atoms with Crippen molar-refractivity contribution in [3.63, 3.8) is 0 Å². The van der Waals surface area contributed by atoms with Gasteiger partial charge >= 0.3 is 0 Å². The zero-order valence-electron chi connectivity index (χ0n) is 29.8.